The molecule has 5 nitrogen and oxygen atoms in total. The first-order valence-corrected chi connectivity index (χ1v) is 9.54. The summed E-state index contributed by atoms with van der Waals surface area (Å²) >= 11 is 6.01. The van der Waals surface area contributed by atoms with Crippen LogP contribution in [0.1, 0.15) is 31.8 Å². The Morgan fingerprint density at radius 1 is 1.03 bits per heavy atom. The molecule has 0 bridgehead atoms. The molecule has 6 heteroatoms. The van der Waals surface area contributed by atoms with Gasteiger partial charge in [-0.05, 0) is 55.0 Å². The number of hydrogen-bond donors (Lipinski definition) is 0. The fraction of sp³-hybridized carbons (Fsp3) is 0.0833. The molecule has 1 aliphatic heterocycles. The smallest absolute Gasteiger partial charge is 0.347 e. The van der Waals surface area contributed by atoms with E-state index >= 15 is 0 Å². The average Bonchev–Trinajstić information content (AvgIpc) is 3.06. The number of methoxy groups -OCH3 is 1. The quantitative estimate of drug-likeness (QED) is 0.317. The van der Waals surface area contributed by atoms with Gasteiger partial charge in [0.25, 0.3) is 0 Å². The largest absolute Gasteiger partial charge is 0.496 e. The van der Waals surface area contributed by atoms with E-state index in [2.05, 4.69) is 0 Å². The lowest BCUT2D eigenvalue weighted by Gasteiger charge is -2.11. The van der Waals surface area contributed by atoms with Gasteiger partial charge in [0.2, 0.25) is 5.78 Å². The zero-order valence-corrected chi connectivity index (χ0v) is 17.0. The predicted molar refractivity (Wildman–Crippen MR) is 114 cm³/mol. The van der Waals surface area contributed by atoms with Gasteiger partial charge in [0.05, 0.1) is 12.7 Å². The van der Waals surface area contributed by atoms with E-state index in [1.165, 1.54) is 7.11 Å². The van der Waals surface area contributed by atoms with Crippen LogP contribution in [0.3, 0.4) is 0 Å². The highest BCUT2D eigenvalue weighted by Gasteiger charge is 2.30. The van der Waals surface area contributed by atoms with Gasteiger partial charge in [-0.1, -0.05) is 35.9 Å². The lowest BCUT2D eigenvalue weighted by molar-refractivity contribution is 0.0729. The summed E-state index contributed by atoms with van der Waals surface area (Å²) in [6.07, 6.45) is 1.63. The lowest BCUT2D eigenvalue weighted by atomic mass is 10.1. The molecule has 1 aliphatic rings. The maximum Gasteiger partial charge on any atom is 0.347 e. The molecule has 0 saturated carbocycles. The number of esters is 1. The van der Waals surface area contributed by atoms with E-state index in [0.29, 0.717) is 39.0 Å². The minimum Gasteiger partial charge on any atom is -0.496 e. The van der Waals surface area contributed by atoms with Gasteiger partial charge in [-0.3, -0.25) is 4.79 Å². The Hall–Kier alpha value is -3.57. The van der Waals surface area contributed by atoms with Crippen LogP contribution < -0.4 is 14.2 Å². The van der Waals surface area contributed by atoms with Gasteiger partial charge in [0, 0.05) is 10.6 Å². The summed E-state index contributed by atoms with van der Waals surface area (Å²) in [5.41, 5.74) is 2.02. The topological polar surface area (TPSA) is 61.8 Å². The number of ketones is 1. The number of carbonyl (C=O) groups is 2. The van der Waals surface area contributed by atoms with Crippen LogP contribution in [0.4, 0.5) is 0 Å². The monoisotopic (exact) mass is 420 g/mol. The maximum absolute atomic E-state index is 12.7. The van der Waals surface area contributed by atoms with Crippen LogP contribution in [0.5, 0.6) is 17.2 Å². The Labute approximate surface area is 178 Å². The predicted octanol–water partition coefficient (Wildman–Crippen LogP) is 5.49. The van der Waals surface area contributed by atoms with Crippen molar-refractivity contribution in [3.8, 4) is 17.2 Å². The number of allylic oxidation sites excluding steroid dienone is 1. The Morgan fingerprint density at radius 2 is 1.83 bits per heavy atom. The molecule has 0 N–H and O–H groups in total. The number of hydrogen-bond acceptors (Lipinski definition) is 5. The fourth-order valence-electron chi connectivity index (χ4n) is 3.19. The van der Waals surface area contributed by atoms with Gasteiger partial charge < -0.3 is 14.2 Å². The van der Waals surface area contributed by atoms with E-state index < -0.39 is 5.97 Å². The minimum absolute atomic E-state index is 0.184. The van der Waals surface area contributed by atoms with Crippen LogP contribution in [-0.4, -0.2) is 18.9 Å². The highest BCUT2D eigenvalue weighted by Crippen LogP contribution is 2.39. The molecular weight excluding hydrogens is 404 g/mol. The molecule has 0 amide bonds. The second kappa shape index (κ2) is 8.05. The zero-order valence-electron chi connectivity index (χ0n) is 16.3. The number of halogens is 1. The molecule has 0 unspecified atom stereocenters. The summed E-state index contributed by atoms with van der Waals surface area (Å²) in [4.78, 5) is 25.3. The van der Waals surface area contributed by atoms with Crippen LogP contribution in [0, 0.1) is 6.92 Å². The maximum atomic E-state index is 12.7. The van der Waals surface area contributed by atoms with Crippen LogP contribution >= 0.6 is 11.6 Å². The number of benzene rings is 3. The summed E-state index contributed by atoms with van der Waals surface area (Å²) in [6.45, 7) is 1.74. The van der Waals surface area contributed by atoms with Crippen molar-refractivity contribution in [3.05, 3.63) is 93.7 Å². The number of rotatable bonds is 4. The average molecular weight is 421 g/mol. The van der Waals surface area contributed by atoms with Gasteiger partial charge in [-0.2, -0.15) is 0 Å². The van der Waals surface area contributed by atoms with E-state index in [9.17, 15) is 9.59 Å². The molecule has 0 atom stereocenters. The SMILES string of the molecule is COc1ccccc1C(=O)Oc1ccc2c(c1C)O/C(=C\c1cccc(Cl)c1)C2=O. The van der Waals surface area contributed by atoms with Crippen molar-refractivity contribution >= 4 is 29.4 Å². The Balaban J connectivity index is 1.63. The molecule has 1 heterocycles. The number of ether oxygens (including phenoxy) is 3. The van der Waals surface area contributed by atoms with Gasteiger partial charge in [0.15, 0.2) is 5.76 Å². The lowest BCUT2D eigenvalue weighted by Crippen LogP contribution is -2.11. The van der Waals surface area contributed by atoms with Crippen LogP contribution in [0.2, 0.25) is 5.02 Å². The third-order valence-corrected chi connectivity index (χ3v) is 4.95. The molecule has 0 saturated heterocycles. The van der Waals surface area contributed by atoms with Crippen LogP contribution in [0.25, 0.3) is 6.08 Å². The summed E-state index contributed by atoms with van der Waals surface area (Å²) < 4.78 is 16.6. The molecule has 3 aromatic rings. The van der Waals surface area contributed by atoms with Crippen LogP contribution in [-0.2, 0) is 0 Å². The third-order valence-electron chi connectivity index (χ3n) is 4.71. The van der Waals surface area contributed by atoms with Crippen molar-refractivity contribution in [1.29, 1.82) is 0 Å². The summed E-state index contributed by atoms with van der Waals surface area (Å²) in [5.74, 6) is 0.480. The second-order valence-electron chi connectivity index (χ2n) is 6.65. The number of fused-ring (bicyclic) bond motifs is 1. The van der Waals surface area contributed by atoms with Crippen molar-refractivity contribution in [2.24, 2.45) is 0 Å². The second-order valence-corrected chi connectivity index (χ2v) is 7.09. The third kappa shape index (κ3) is 3.67. The van der Waals surface area contributed by atoms with Gasteiger partial charge >= 0.3 is 5.97 Å². The molecule has 150 valence electrons. The molecule has 30 heavy (non-hydrogen) atoms. The van der Waals surface area contributed by atoms with E-state index in [4.69, 9.17) is 25.8 Å². The first-order chi connectivity index (χ1) is 14.5. The van der Waals surface area contributed by atoms with E-state index in [1.54, 1.807) is 67.6 Å². The molecule has 0 spiro atoms. The van der Waals surface area contributed by atoms with Gasteiger partial charge in [0.1, 0.15) is 22.8 Å². The fourth-order valence-corrected chi connectivity index (χ4v) is 3.39. The van der Waals surface area contributed by atoms with Crippen molar-refractivity contribution in [2.45, 2.75) is 6.92 Å². The Morgan fingerprint density at radius 3 is 2.60 bits per heavy atom. The zero-order chi connectivity index (χ0) is 21.3. The number of Topliss-reactive ketones (excluding diaryl/α,β-unsaturated/α-hetero) is 1. The van der Waals surface area contributed by atoms with E-state index in [-0.39, 0.29) is 11.5 Å². The number of para-hydroxylation sites is 1. The molecule has 0 aliphatic carbocycles. The summed E-state index contributed by atoms with van der Waals surface area (Å²) in [5, 5.41) is 0.564. The highest BCUT2D eigenvalue weighted by molar-refractivity contribution is 6.30. The molecule has 0 aromatic heterocycles. The molecule has 0 fully saturated rings. The molecule has 3 aromatic carbocycles. The Kier molecular flexibility index (Phi) is 5.29. The van der Waals surface area contributed by atoms with Gasteiger partial charge in [-0.25, -0.2) is 4.79 Å². The molecule has 4 rings (SSSR count). The van der Waals surface area contributed by atoms with Crippen molar-refractivity contribution in [3.63, 3.8) is 0 Å². The van der Waals surface area contributed by atoms with Crippen molar-refractivity contribution < 1.29 is 23.8 Å². The Bertz CT molecular complexity index is 1200. The van der Waals surface area contributed by atoms with Gasteiger partial charge in [-0.15, -0.1) is 0 Å². The van der Waals surface area contributed by atoms with Crippen molar-refractivity contribution in [2.75, 3.05) is 7.11 Å². The summed E-state index contributed by atoms with van der Waals surface area (Å²) in [6, 6.07) is 17.1. The number of carbonyl (C=O) groups excluding carboxylic acids is 2. The minimum atomic E-state index is -0.561. The molecular formula is C24H17ClO5. The molecule has 0 radical (unpaired) electrons. The normalized spacial score (nSPS) is 13.7. The van der Waals surface area contributed by atoms with Crippen LogP contribution in [0.15, 0.2) is 66.4 Å². The van der Waals surface area contributed by atoms with Crippen molar-refractivity contribution in [1.82, 2.24) is 0 Å². The summed E-state index contributed by atoms with van der Waals surface area (Å²) in [7, 11) is 1.49. The van der Waals surface area contributed by atoms with E-state index in [0.717, 1.165) is 5.56 Å². The highest BCUT2D eigenvalue weighted by atomic mass is 35.5. The first kappa shape index (κ1) is 19.7. The standard InChI is InChI=1S/C24H17ClO5/c1-14-19(30-24(27)17-8-3-4-9-20(17)28-2)11-10-18-22(26)21(29-23(14)18)13-15-6-5-7-16(25)12-15/h3-13H,1-2H3/b21-13-. The first-order valence-electron chi connectivity index (χ1n) is 9.16. The van der Waals surface area contributed by atoms with E-state index in [1.807, 2.05) is 6.07 Å².